The van der Waals surface area contributed by atoms with E-state index in [9.17, 15) is 9.59 Å². The summed E-state index contributed by atoms with van der Waals surface area (Å²) in [5.74, 6) is -0.248. The molecule has 1 aliphatic rings. The molecule has 2 rings (SSSR count). The van der Waals surface area contributed by atoms with Gasteiger partial charge in [0.05, 0.1) is 3.58 Å². The minimum atomic E-state index is -0.360. The van der Waals surface area contributed by atoms with Gasteiger partial charge in [-0.15, -0.1) is 0 Å². The van der Waals surface area contributed by atoms with Gasteiger partial charge in [-0.05, 0) is 34.7 Å². The van der Waals surface area contributed by atoms with Crippen molar-refractivity contribution in [3.05, 3.63) is 45.7 Å². The van der Waals surface area contributed by atoms with Crippen LogP contribution in [0.1, 0.15) is 31.1 Å². The molecule has 2 amide bonds. The maximum absolute atomic E-state index is 12.6. The molecule has 5 heteroatoms. The molecule has 0 radical (unpaired) electrons. The van der Waals surface area contributed by atoms with Crippen molar-refractivity contribution >= 4 is 34.4 Å². The van der Waals surface area contributed by atoms with Gasteiger partial charge in [-0.25, -0.2) is 0 Å². The average Bonchev–Trinajstić information content (AvgIpc) is 2.40. The number of hydrogen-bond acceptors (Lipinski definition) is 2. The van der Waals surface area contributed by atoms with Gasteiger partial charge in [-0.1, -0.05) is 39.0 Å². The van der Waals surface area contributed by atoms with Crippen molar-refractivity contribution in [1.82, 2.24) is 10.2 Å². The van der Waals surface area contributed by atoms with Crippen LogP contribution in [0.3, 0.4) is 0 Å². The lowest BCUT2D eigenvalue weighted by Gasteiger charge is -2.41. The van der Waals surface area contributed by atoms with Gasteiger partial charge >= 0.3 is 0 Å². The van der Waals surface area contributed by atoms with Gasteiger partial charge in [-0.3, -0.25) is 14.5 Å². The van der Waals surface area contributed by atoms with Crippen LogP contribution >= 0.6 is 22.6 Å². The zero-order valence-corrected chi connectivity index (χ0v) is 13.8. The second kappa shape index (κ2) is 5.55. The summed E-state index contributed by atoms with van der Waals surface area (Å²) in [5.41, 5.74) is 0.354. The van der Waals surface area contributed by atoms with Crippen LogP contribution in [0.15, 0.2) is 40.1 Å². The van der Waals surface area contributed by atoms with Crippen molar-refractivity contribution in [1.29, 1.82) is 0 Å². The van der Waals surface area contributed by atoms with E-state index in [2.05, 4.69) is 5.32 Å². The molecule has 20 heavy (non-hydrogen) atoms. The van der Waals surface area contributed by atoms with Gasteiger partial charge in [0, 0.05) is 17.2 Å². The van der Waals surface area contributed by atoms with E-state index in [4.69, 9.17) is 0 Å². The summed E-state index contributed by atoms with van der Waals surface area (Å²) in [7, 11) is 0. The summed E-state index contributed by atoms with van der Waals surface area (Å²) >= 11 is 1.94. The molecule has 0 saturated carbocycles. The maximum Gasteiger partial charge on any atom is 0.260 e. The number of benzene rings is 1. The van der Waals surface area contributed by atoms with E-state index in [0.29, 0.717) is 9.14 Å². The number of carbonyl (C=O) groups is 2. The molecule has 0 saturated heterocycles. The Balaban J connectivity index is 2.40. The molecular weight excluding hydrogens is 367 g/mol. The first-order valence-corrected chi connectivity index (χ1v) is 7.44. The van der Waals surface area contributed by atoms with Crippen LogP contribution in [-0.2, 0) is 4.79 Å². The minimum Gasteiger partial charge on any atom is -0.330 e. The molecule has 0 spiro atoms. The van der Waals surface area contributed by atoms with Crippen LogP contribution in [0.25, 0.3) is 0 Å². The monoisotopic (exact) mass is 384 g/mol. The molecule has 4 nitrogen and oxygen atoms in total. The van der Waals surface area contributed by atoms with E-state index in [1.54, 1.807) is 23.2 Å². The van der Waals surface area contributed by atoms with Crippen LogP contribution in [-0.4, -0.2) is 22.9 Å². The fourth-order valence-electron chi connectivity index (χ4n) is 2.06. The quantitative estimate of drug-likeness (QED) is 0.758. The number of nitrogens with one attached hydrogen (secondary N) is 1. The number of nitrogens with zero attached hydrogens (tertiary/aromatic N) is 1. The summed E-state index contributed by atoms with van der Waals surface area (Å²) in [4.78, 5) is 26.1. The van der Waals surface area contributed by atoms with Crippen LogP contribution in [0.2, 0.25) is 0 Å². The average molecular weight is 384 g/mol. The number of halogens is 1. The van der Waals surface area contributed by atoms with E-state index in [1.165, 1.54) is 0 Å². The summed E-state index contributed by atoms with van der Waals surface area (Å²) in [6.07, 6.45) is 1.27. The largest absolute Gasteiger partial charge is 0.330 e. The summed E-state index contributed by atoms with van der Waals surface area (Å²) in [6, 6.07) is 9.08. The van der Waals surface area contributed by atoms with Gasteiger partial charge in [0.15, 0.2) is 0 Å². The number of amides is 2. The van der Waals surface area contributed by atoms with E-state index in [1.807, 2.05) is 61.6 Å². The molecule has 0 fully saturated rings. The molecule has 0 aromatic heterocycles. The summed E-state index contributed by atoms with van der Waals surface area (Å²) in [5, 5.41) is 2.90. The highest BCUT2D eigenvalue weighted by molar-refractivity contribution is 14.1. The first kappa shape index (κ1) is 15.0. The smallest absolute Gasteiger partial charge is 0.260 e. The Kier molecular flexibility index (Phi) is 4.17. The molecule has 1 aliphatic heterocycles. The molecule has 0 unspecified atom stereocenters. The highest BCUT2D eigenvalue weighted by atomic mass is 127. The van der Waals surface area contributed by atoms with Gasteiger partial charge < -0.3 is 5.32 Å². The van der Waals surface area contributed by atoms with Crippen molar-refractivity contribution in [2.24, 2.45) is 5.41 Å². The van der Waals surface area contributed by atoms with Crippen molar-refractivity contribution in [3.63, 3.8) is 0 Å². The lowest BCUT2D eigenvalue weighted by atomic mass is 9.90. The highest BCUT2D eigenvalue weighted by Crippen LogP contribution is 2.29. The Morgan fingerprint density at radius 1 is 1.25 bits per heavy atom. The van der Waals surface area contributed by atoms with Gasteiger partial charge in [0.2, 0.25) is 0 Å². The molecular formula is C15H17IN2O2. The van der Waals surface area contributed by atoms with Gasteiger partial charge in [-0.2, -0.15) is 0 Å². The lowest BCUT2D eigenvalue weighted by molar-refractivity contribution is -0.120. The van der Waals surface area contributed by atoms with Crippen LogP contribution in [0, 0.1) is 5.41 Å². The fraction of sp³-hybridized carbons (Fsp3) is 0.333. The topological polar surface area (TPSA) is 49.4 Å². The number of hydrogen-bond donors (Lipinski definition) is 1. The Morgan fingerprint density at radius 3 is 2.40 bits per heavy atom. The first-order chi connectivity index (χ1) is 9.30. The van der Waals surface area contributed by atoms with Gasteiger partial charge in [0.1, 0.15) is 6.17 Å². The van der Waals surface area contributed by atoms with Crippen molar-refractivity contribution in [2.45, 2.75) is 26.9 Å². The standard InChI is InChI=1S/C15H17IN2O2/c1-15(2,3)14-17-12(19)11(16)9-18(14)13(20)10-7-5-4-6-8-10/h4-9,14H,1-3H3,(H,17,19)/t14-/m0/s1. The van der Waals surface area contributed by atoms with E-state index in [0.717, 1.165) is 0 Å². The third kappa shape index (κ3) is 3.03. The second-order valence-electron chi connectivity index (χ2n) is 5.80. The Labute approximate surface area is 132 Å². The fourth-order valence-corrected chi connectivity index (χ4v) is 2.51. The number of rotatable bonds is 1. The predicted octanol–water partition coefficient (Wildman–Crippen LogP) is 2.91. The summed E-state index contributed by atoms with van der Waals surface area (Å²) in [6.45, 7) is 5.99. The molecule has 1 aromatic carbocycles. The van der Waals surface area contributed by atoms with Crippen molar-refractivity contribution in [3.8, 4) is 0 Å². The van der Waals surface area contributed by atoms with E-state index >= 15 is 0 Å². The van der Waals surface area contributed by atoms with E-state index in [-0.39, 0.29) is 23.4 Å². The Morgan fingerprint density at radius 2 is 1.85 bits per heavy atom. The maximum atomic E-state index is 12.6. The molecule has 1 atom stereocenters. The molecule has 1 aromatic rings. The van der Waals surface area contributed by atoms with Gasteiger partial charge in [0.25, 0.3) is 11.8 Å². The molecule has 0 aliphatic carbocycles. The highest BCUT2D eigenvalue weighted by Gasteiger charge is 2.37. The predicted molar refractivity (Wildman–Crippen MR) is 86.1 cm³/mol. The Bertz CT molecular complexity index is 561. The first-order valence-electron chi connectivity index (χ1n) is 6.36. The van der Waals surface area contributed by atoms with Crippen molar-refractivity contribution < 1.29 is 9.59 Å². The zero-order valence-electron chi connectivity index (χ0n) is 11.7. The number of carbonyl (C=O) groups excluding carboxylic acids is 2. The molecule has 1 heterocycles. The SMILES string of the molecule is CC(C)(C)[C@H]1NC(=O)C(I)=CN1C(=O)c1ccccc1. The Hall–Kier alpha value is -1.37. The lowest BCUT2D eigenvalue weighted by Crippen LogP contribution is -2.57. The third-order valence-corrected chi connectivity index (χ3v) is 3.86. The molecule has 0 bridgehead atoms. The molecule has 1 N–H and O–H groups in total. The van der Waals surface area contributed by atoms with Crippen molar-refractivity contribution in [2.75, 3.05) is 0 Å². The normalized spacial score (nSPS) is 19.4. The molecule has 106 valence electrons. The second-order valence-corrected chi connectivity index (χ2v) is 6.96. The minimum absolute atomic E-state index is 0.111. The summed E-state index contributed by atoms with van der Waals surface area (Å²) < 4.78 is 0.507. The van der Waals surface area contributed by atoms with E-state index < -0.39 is 0 Å². The third-order valence-electron chi connectivity index (χ3n) is 3.09. The zero-order chi connectivity index (χ0) is 14.9. The van der Waals surface area contributed by atoms with Crippen LogP contribution < -0.4 is 5.32 Å². The van der Waals surface area contributed by atoms with Crippen LogP contribution in [0.5, 0.6) is 0 Å². The van der Waals surface area contributed by atoms with Crippen LogP contribution in [0.4, 0.5) is 0 Å².